The third-order valence-electron chi connectivity index (χ3n) is 4.66. The van der Waals surface area contributed by atoms with E-state index in [1.165, 1.54) is 0 Å². The van der Waals surface area contributed by atoms with Crippen LogP contribution in [0, 0.1) is 6.92 Å². The lowest BCUT2D eigenvalue weighted by molar-refractivity contribution is 0.0382. The molecule has 0 saturated carbocycles. The molecular weight excluding hydrogens is 326 g/mol. The normalized spacial score (nSPS) is 15.3. The lowest BCUT2D eigenvalue weighted by Gasteiger charge is -2.26. The fraction of sp³-hybridized carbons (Fsp3) is 0.350. The van der Waals surface area contributed by atoms with Gasteiger partial charge in [-0.05, 0) is 25.1 Å². The van der Waals surface area contributed by atoms with Gasteiger partial charge in [-0.2, -0.15) is 5.10 Å². The molecule has 1 fully saturated rings. The predicted molar refractivity (Wildman–Crippen MR) is 100 cm³/mol. The van der Waals surface area contributed by atoms with Crippen LogP contribution in [0.5, 0.6) is 0 Å². The maximum atomic E-state index is 5.40. The summed E-state index contributed by atoms with van der Waals surface area (Å²) in [6, 6.07) is 12.1. The lowest BCUT2D eigenvalue weighted by Crippen LogP contribution is -2.37. The molecule has 0 N–H and O–H groups in total. The van der Waals surface area contributed by atoms with E-state index < -0.39 is 0 Å². The number of morpholine rings is 1. The van der Waals surface area contributed by atoms with Crippen molar-refractivity contribution in [1.29, 1.82) is 0 Å². The summed E-state index contributed by atoms with van der Waals surface area (Å²) < 4.78 is 7.30. The highest BCUT2D eigenvalue weighted by Gasteiger charge is 2.13. The third kappa shape index (κ3) is 3.81. The molecule has 0 amide bonds. The van der Waals surface area contributed by atoms with Crippen molar-refractivity contribution < 1.29 is 4.74 Å². The maximum Gasteiger partial charge on any atom is 0.130 e. The number of hydrogen-bond donors (Lipinski definition) is 0. The van der Waals surface area contributed by atoms with E-state index in [0.717, 1.165) is 67.7 Å². The van der Waals surface area contributed by atoms with E-state index >= 15 is 0 Å². The van der Waals surface area contributed by atoms with Gasteiger partial charge >= 0.3 is 0 Å². The molecule has 4 rings (SSSR count). The molecule has 0 atom stereocenters. The van der Waals surface area contributed by atoms with Crippen LogP contribution in [-0.4, -0.2) is 57.5 Å². The maximum absolute atomic E-state index is 5.40. The van der Waals surface area contributed by atoms with Gasteiger partial charge in [0.05, 0.1) is 30.3 Å². The summed E-state index contributed by atoms with van der Waals surface area (Å²) in [6.07, 6.45) is 4.73. The van der Waals surface area contributed by atoms with Crippen LogP contribution in [0.15, 0.2) is 48.8 Å². The van der Waals surface area contributed by atoms with Gasteiger partial charge in [-0.1, -0.05) is 18.2 Å². The molecule has 134 valence electrons. The Balaban J connectivity index is 1.52. The van der Waals surface area contributed by atoms with Gasteiger partial charge in [-0.3, -0.25) is 4.90 Å². The van der Waals surface area contributed by atoms with Gasteiger partial charge in [-0.25, -0.2) is 14.6 Å². The summed E-state index contributed by atoms with van der Waals surface area (Å²) in [7, 11) is 0. The number of ether oxygens (including phenoxy) is 1. The summed E-state index contributed by atoms with van der Waals surface area (Å²) in [5.41, 5.74) is 3.98. The Morgan fingerprint density at radius 1 is 1.08 bits per heavy atom. The minimum absolute atomic E-state index is 0.818. The third-order valence-corrected chi connectivity index (χ3v) is 4.66. The summed E-state index contributed by atoms with van der Waals surface area (Å²) >= 11 is 0. The molecule has 1 aliphatic rings. The lowest BCUT2D eigenvalue weighted by atomic mass is 10.2. The van der Waals surface area contributed by atoms with Crippen LogP contribution in [0.4, 0.5) is 0 Å². The molecule has 2 aromatic heterocycles. The Labute approximate surface area is 153 Å². The molecule has 26 heavy (non-hydrogen) atoms. The van der Waals surface area contributed by atoms with Crippen LogP contribution in [0.3, 0.4) is 0 Å². The van der Waals surface area contributed by atoms with E-state index in [1.807, 2.05) is 60.4 Å². The fourth-order valence-electron chi connectivity index (χ4n) is 3.18. The van der Waals surface area contributed by atoms with Gasteiger partial charge < -0.3 is 4.74 Å². The highest BCUT2D eigenvalue weighted by molar-refractivity contribution is 5.61. The minimum Gasteiger partial charge on any atom is -0.379 e. The van der Waals surface area contributed by atoms with E-state index in [4.69, 9.17) is 9.72 Å². The molecule has 6 heteroatoms. The highest BCUT2D eigenvalue weighted by Crippen LogP contribution is 2.22. The zero-order chi connectivity index (χ0) is 17.8. The van der Waals surface area contributed by atoms with E-state index in [0.29, 0.717) is 0 Å². The average Bonchev–Trinajstić information content (AvgIpc) is 3.10. The molecule has 0 radical (unpaired) electrons. The molecule has 1 aromatic carbocycles. The van der Waals surface area contributed by atoms with Crippen molar-refractivity contribution in [2.75, 3.05) is 32.8 Å². The smallest absolute Gasteiger partial charge is 0.130 e. The molecule has 0 bridgehead atoms. The summed E-state index contributed by atoms with van der Waals surface area (Å²) in [6.45, 7) is 6.60. The van der Waals surface area contributed by atoms with Gasteiger partial charge in [0.15, 0.2) is 0 Å². The molecule has 3 aromatic rings. The number of nitrogens with zero attached hydrogens (tertiary/aromatic N) is 5. The summed E-state index contributed by atoms with van der Waals surface area (Å²) in [5, 5.41) is 4.64. The Bertz CT molecular complexity index is 856. The SMILES string of the molecule is Cc1nn(-c2ccccc2)cc1-c1ccnc(CCN2CCOCC2)n1. The van der Waals surface area contributed by atoms with Crippen molar-refractivity contribution in [3.63, 3.8) is 0 Å². The van der Waals surface area contributed by atoms with Crippen molar-refractivity contribution in [2.45, 2.75) is 13.3 Å². The van der Waals surface area contributed by atoms with Crippen molar-refractivity contribution in [2.24, 2.45) is 0 Å². The van der Waals surface area contributed by atoms with Crippen LogP contribution in [0.25, 0.3) is 16.9 Å². The Morgan fingerprint density at radius 3 is 2.69 bits per heavy atom. The first-order chi connectivity index (χ1) is 12.8. The fourth-order valence-corrected chi connectivity index (χ4v) is 3.18. The second-order valence-electron chi connectivity index (χ2n) is 6.47. The average molecular weight is 349 g/mol. The van der Waals surface area contributed by atoms with E-state index in [-0.39, 0.29) is 0 Å². The molecule has 0 spiro atoms. The second kappa shape index (κ2) is 7.76. The topological polar surface area (TPSA) is 56.1 Å². The van der Waals surface area contributed by atoms with Crippen LogP contribution >= 0.6 is 0 Å². The molecule has 1 saturated heterocycles. The standard InChI is InChI=1S/C20H23N5O/c1-16-18(15-25(23-16)17-5-3-2-4-6-17)19-7-9-21-20(22-19)8-10-24-11-13-26-14-12-24/h2-7,9,15H,8,10-14H2,1H3. The van der Waals surface area contributed by atoms with Gasteiger partial charge in [0.2, 0.25) is 0 Å². The Kier molecular flexibility index (Phi) is 5.04. The molecule has 0 unspecified atom stereocenters. The Hall–Kier alpha value is -2.57. The van der Waals surface area contributed by atoms with Gasteiger partial charge in [-0.15, -0.1) is 0 Å². The van der Waals surface area contributed by atoms with Gasteiger partial charge in [0.1, 0.15) is 5.82 Å². The number of benzene rings is 1. The van der Waals surface area contributed by atoms with Crippen molar-refractivity contribution in [3.8, 4) is 16.9 Å². The van der Waals surface area contributed by atoms with Crippen LogP contribution in [-0.2, 0) is 11.2 Å². The first kappa shape index (κ1) is 16.9. The van der Waals surface area contributed by atoms with E-state index in [1.54, 1.807) is 0 Å². The summed E-state index contributed by atoms with van der Waals surface area (Å²) in [4.78, 5) is 11.6. The quantitative estimate of drug-likeness (QED) is 0.708. The number of para-hydroxylation sites is 1. The van der Waals surface area contributed by atoms with Crippen molar-refractivity contribution >= 4 is 0 Å². The minimum atomic E-state index is 0.818. The summed E-state index contributed by atoms with van der Waals surface area (Å²) in [5.74, 6) is 0.876. The number of rotatable bonds is 5. The van der Waals surface area contributed by atoms with Crippen molar-refractivity contribution in [3.05, 3.63) is 60.3 Å². The van der Waals surface area contributed by atoms with Gasteiger partial charge in [0, 0.05) is 44.0 Å². The van der Waals surface area contributed by atoms with E-state index in [2.05, 4.69) is 15.0 Å². The predicted octanol–water partition coefficient (Wildman–Crippen LogP) is 2.51. The van der Waals surface area contributed by atoms with Gasteiger partial charge in [0.25, 0.3) is 0 Å². The molecule has 6 nitrogen and oxygen atoms in total. The number of aryl methyl sites for hydroxylation is 1. The molecule has 0 aliphatic carbocycles. The van der Waals surface area contributed by atoms with Crippen LogP contribution in [0.2, 0.25) is 0 Å². The first-order valence-corrected chi connectivity index (χ1v) is 9.04. The Morgan fingerprint density at radius 2 is 1.88 bits per heavy atom. The largest absolute Gasteiger partial charge is 0.379 e. The van der Waals surface area contributed by atoms with Crippen molar-refractivity contribution in [1.82, 2.24) is 24.6 Å². The second-order valence-corrected chi connectivity index (χ2v) is 6.47. The van der Waals surface area contributed by atoms with E-state index in [9.17, 15) is 0 Å². The first-order valence-electron chi connectivity index (χ1n) is 9.04. The number of hydrogen-bond acceptors (Lipinski definition) is 5. The molecule has 1 aliphatic heterocycles. The zero-order valence-corrected chi connectivity index (χ0v) is 15.0. The zero-order valence-electron chi connectivity index (χ0n) is 15.0. The molecular formula is C20H23N5O. The highest BCUT2D eigenvalue weighted by atomic mass is 16.5. The monoisotopic (exact) mass is 349 g/mol. The van der Waals surface area contributed by atoms with Crippen LogP contribution in [0.1, 0.15) is 11.5 Å². The molecule has 3 heterocycles. The van der Waals surface area contributed by atoms with Crippen LogP contribution < -0.4 is 0 Å². The number of aromatic nitrogens is 4.